The molecular formula is C11H15ClF3N5O. The third-order valence-corrected chi connectivity index (χ3v) is 3.12. The van der Waals surface area contributed by atoms with Crippen LogP contribution in [0.2, 0.25) is 5.28 Å². The molecule has 1 aromatic rings. The number of rotatable bonds is 4. The molecule has 0 saturated carbocycles. The van der Waals surface area contributed by atoms with Crippen molar-refractivity contribution in [2.24, 2.45) is 0 Å². The van der Waals surface area contributed by atoms with Crippen molar-refractivity contribution in [2.75, 3.05) is 49.7 Å². The number of aromatic nitrogens is 3. The maximum Gasteiger partial charge on any atom is 0.390 e. The number of anilines is 2. The summed E-state index contributed by atoms with van der Waals surface area (Å²) in [4.78, 5) is 15.2. The van der Waals surface area contributed by atoms with Crippen LogP contribution in [0.3, 0.4) is 0 Å². The largest absolute Gasteiger partial charge is 0.390 e. The fraction of sp³-hybridized carbons (Fsp3) is 0.727. The fourth-order valence-electron chi connectivity index (χ4n) is 1.80. The highest BCUT2D eigenvalue weighted by Gasteiger charge is 2.28. The Hall–Kier alpha value is -1.35. The fourth-order valence-corrected chi connectivity index (χ4v) is 1.95. The molecule has 0 spiro atoms. The van der Waals surface area contributed by atoms with E-state index in [1.165, 1.54) is 11.9 Å². The Kier molecular flexibility index (Phi) is 5.04. The van der Waals surface area contributed by atoms with Gasteiger partial charge in [0, 0.05) is 26.7 Å². The summed E-state index contributed by atoms with van der Waals surface area (Å²) >= 11 is 5.83. The maximum atomic E-state index is 12.3. The highest BCUT2D eigenvalue weighted by atomic mass is 35.5. The summed E-state index contributed by atoms with van der Waals surface area (Å²) < 4.78 is 42.0. The standard InChI is InChI=1S/C11H15ClF3N5O/c1-19(3-2-11(13,14)15)9-16-8(12)17-10(18-9)20-4-6-21-7-5-20/h2-7H2,1H3. The first kappa shape index (κ1) is 16.0. The normalized spacial score (nSPS) is 16.1. The van der Waals surface area contributed by atoms with Gasteiger partial charge >= 0.3 is 6.18 Å². The summed E-state index contributed by atoms with van der Waals surface area (Å²) in [5, 5.41) is -0.0413. The molecule has 6 nitrogen and oxygen atoms in total. The summed E-state index contributed by atoms with van der Waals surface area (Å²) in [6.07, 6.45) is -5.17. The number of morpholine rings is 1. The van der Waals surface area contributed by atoms with Crippen molar-refractivity contribution in [3.8, 4) is 0 Å². The van der Waals surface area contributed by atoms with Crippen LogP contribution in [0.5, 0.6) is 0 Å². The van der Waals surface area contributed by atoms with Gasteiger partial charge in [-0.25, -0.2) is 0 Å². The summed E-state index contributed by atoms with van der Waals surface area (Å²) in [6.45, 7) is 2.05. The second-order valence-electron chi connectivity index (χ2n) is 4.59. The van der Waals surface area contributed by atoms with Crippen molar-refractivity contribution >= 4 is 23.5 Å². The molecule has 1 aliphatic rings. The van der Waals surface area contributed by atoms with Crippen molar-refractivity contribution in [1.82, 2.24) is 15.0 Å². The second kappa shape index (κ2) is 6.61. The summed E-state index contributed by atoms with van der Waals surface area (Å²) in [6, 6.07) is 0. The predicted octanol–water partition coefficient (Wildman–Crippen LogP) is 1.75. The van der Waals surface area contributed by atoms with Gasteiger partial charge in [0.2, 0.25) is 17.2 Å². The van der Waals surface area contributed by atoms with Crippen LogP contribution in [0.15, 0.2) is 0 Å². The molecule has 10 heteroatoms. The minimum Gasteiger partial charge on any atom is -0.378 e. The van der Waals surface area contributed by atoms with E-state index >= 15 is 0 Å². The quantitative estimate of drug-likeness (QED) is 0.840. The Morgan fingerprint density at radius 2 is 1.90 bits per heavy atom. The molecule has 118 valence electrons. The molecule has 0 radical (unpaired) electrons. The van der Waals surface area contributed by atoms with Gasteiger partial charge in [0.1, 0.15) is 0 Å². The van der Waals surface area contributed by atoms with Gasteiger partial charge in [-0.05, 0) is 11.6 Å². The van der Waals surface area contributed by atoms with Crippen molar-refractivity contribution in [2.45, 2.75) is 12.6 Å². The number of halogens is 4. The van der Waals surface area contributed by atoms with Crippen molar-refractivity contribution in [3.63, 3.8) is 0 Å². The molecule has 21 heavy (non-hydrogen) atoms. The number of hydrogen-bond donors (Lipinski definition) is 0. The van der Waals surface area contributed by atoms with Gasteiger partial charge in [-0.2, -0.15) is 28.1 Å². The van der Waals surface area contributed by atoms with Crippen LogP contribution >= 0.6 is 11.6 Å². The van der Waals surface area contributed by atoms with Gasteiger partial charge in [0.05, 0.1) is 19.6 Å². The first-order valence-corrected chi connectivity index (χ1v) is 6.75. The number of nitrogens with zero attached hydrogens (tertiary/aromatic N) is 5. The zero-order chi connectivity index (χ0) is 15.5. The summed E-state index contributed by atoms with van der Waals surface area (Å²) in [7, 11) is 1.49. The van der Waals surface area contributed by atoms with Crippen LogP contribution in [0.1, 0.15) is 6.42 Å². The smallest absolute Gasteiger partial charge is 0.378 e. The maximum absolute atomic E-state index is 12.3. The van der Waals surface area contributed by atoms with Crippen LogP contribution < -0.4 is 9.80 Å². The van der Waals surface area contributed by atoms with Gasteiger partial charge < -0.3 is 14.5 Å². The summed E-state index contributed by atoms with van der Waals surface area (Å²) in [5.41, 5.74) is 0. The zero-order valence-electron chi connectivity index (χ0n) is 11.4. The lowest BCUT2D eigenvalue weighted by Crippen LogP contribution is -2.38. The molecule has 2 rings (SSSR count). The van der Waals surface area contributed by atoms with E-state index in [2.05, 4.69) is 15.0 Å². The minimum atomic E-state index is -4.22. The second-order valence-corrected chi connectivity index (χ2v) is 4.93. The van der Waals surface area contributed by atoms with Crippen LogP contribution in [0, 0.1) is 0 Å². The minimum absolute atomic E-state index is 0.0413. The third-order valence-electron chi connectivity index (χ3n) is 2.95. The Morgan fingerprint density at radius 1 is 1.24 bits per heavy atom. The topological polar surface area (TPSA) is 54.4 Å². The van der Waals surface area contributed by atoms with Crippen molar-refractivity contribution in [3.05, 3.63) is 5.28 Å². The number of alkyl halides is 3. The first-order chi connectivity index (χ1) is 9.85. The van der Waals surface area contributed by atoms with Gasteiger partial charge in [0.15, 0.2) is 0 Å². The van der Waals surface area contributed by atoms with E-state index in [1.54, 1.807) is 0 Å². The molecule has 0 aromatic carbocycles. The van der Waals surface area contributed by atoms with E-state index < -0.39 is 12.6 Å². The molecule has 1 aliphatic heterocycles. The zero-order valence-corrected chi connectivity index (χ0v) is 12.2. The Balaban J connectivity index is 2.10. The van der Waals surface area contributed by atoms with E-state index in [1.807, 2.05) is 4.90 Å². The average Bonchev–Trinajstić information content (AvgIpc) is 2.44. The molecule has 0 amide bonds. The van der Waals surface area contributed by atoms with Gasteiger partial charge in [-0.15, -0.1) is 0 Å². The van der Waals surface area contributed by atoms with Crippen LogP contribution in [0.4, 0.5) is 25.1 Å². The third kappa shape index (κ3) is 4.85. The molecule has 0 aliphatic carbocycles. The lowest BCUT2D eigenvalue weighted by molar-refractivity contribution is -0.132. The van der Waals surface area contributed by atoms with E-state index in [4.69, 9.17) is 16.3 Å². The molecule has 1 saturated heterocycles. The number of ether oxygens (including phenoxy) is 1. The molecule has 0 bridgehead atoms. The van der Waals surface area contributed by atoms with E-state index in [-0.39, 0.29) is 17.8 Å². The summed E-state index contributed by atoms with van der Waals surface area (Å²) in [5.74, 6) is 0.480. The Morgan fingerprint density at radius 3 is 2.52 bits per heavy atom. The first-order valence-electron chi connectivity index (χ1n) is 6.37. The molecule has 0 N–H and O–H groups in total. The van der Waals surface area contributed by atoms with Crippen molar-refractivity contribution < 1.29 is 17.9 Å². The van der Waals surface area contributed by atoms with Gasteiger partial charge in [-0.3, -0.25) is 0 Å². The monoisotopic (exact) mass is 325 g/mol. The molecule has 0 atom stereocenters. The van der Waals surface area contributed by atoms with Crippen molar-refractivity contribution in [1.29, 1.82) is 0 Å². The average molecular weight is 326 g/mol. The van der Waals surface area contributed by atoms with Crippen LogP contribution in [-0.4, -0.2) is 61.0 Å². The van der Waals surface area contributed by atoms with Gasteiger partial charge in [-0.1, -0.05) is 0 Å². The highest BCUT2D eigenvalue weighted by molar-refractivity contribution is 6.28. The van der Waals surface area contributed by atoms with Gasteiger partial charge in [0.25, 0.3) is 0 Å². The molecule has 1 fully saturated rings. The van der Waals surface area contributed by atoms with E-state index in [0.29, 0.717) is 32.3 Å². The van der Waals surface area contributed by atoms with E-state index in [9.17, 15) is 13.2 Å². The molecule has 0 unspecified atom stereocenters. The van der Waals surface area contributed by atoms with Crippen LogP contribution in [-0.2, 0) is 4.74 Å². The SMILES string of the molecule is CN(CCC(F)(F)F)c1nc(Cl)nc(N2CCOCC2)n1. The highest BCUT2D eigenvalue weighted by Crippen LogP contribution is 2.22. The molecule has 1 aromatic heterocycles. The van der Waals surface area contributed by atoms with Crippen LogP contribution in [0.25, 0.3) is 0 Å². The Labute approximate surface area is 124 Å². The lowest BCUT2D eigenvalue weighted by Gasteiger charge is -2.27. The lowest BCUT2D eigenvalue weighted by atomic mass is 10.4. The molecular weight excluding hydrogens is 311 g/mol. The predicted molar refractivity (Wildman–Crippen MR) is 71.8 cm³/mol. The van der Waals surface area contributed by atoms with E-state index in [0.717, 1.165) is 0 Å². The Bertz CT molecular complexity index is 481. The number of hydrogen-bond acceptors (Lipinski definition) is 6. The molecule has 2 heterocycles.